The van der Waals surface area contributed by atoms with Gasteiger partial charge >= 0.3 is 0 Å². The van der Waals surface area contributed by atoms with E-state index in [-0.39, 0.29) is 4.77 Å². The van der Waals surface area contributed by atoms with E-state index in [1.165, 1.54) is 4.57 Å². The number of ether oxygens (including phenoxy) is 1. The number of hydrogen-bond acceptors (Lipinski definition) is 8. The van der Waals surface area contributed by atoms with Gasteiger partial charge in [0.1, 0.15) is 24.1 Å². The number of rotatable bonds is 4. The lowest BCUT2D eigenvalue weighted by atomic mass is 10.1. The maximum atomic E-state index is 10.1. The first-order valence-corrected chi connectivity index (χ1v) is 7.74. The number of benzene rings is 1. The zero-order valence-corrected chi connectivity index (χ0v) is 13.4. The molecule has 1 aromatic heterocycles. The molecule has 1 aromatic carbocycles. The Bertz CT molecular complexity index is 767. The van der Waals surface area contributed by atoms with Crippen molar-refractivity contribution in [3.8, 4) is 0 Å². The zero-order chi connectivity index (χ0) is 17.3. The van der Waals surface area contributed by atoms with Crippen LogP contribution in [0.2, 0.25) is 0 Å². The second-order valence-corrected chi connectivity index (χ2v) is 5.84. The van der Waals surface area contributed by atoms with Gasteiger partial charge in [-0.2, -0.15) is 0 Å². The molecular weight excluding hydrogens is 332 g/mol. The van der Waals surface area contributed by atoms with Crippen LogP contribution in [0.25, 0.3) is 0 Å². The molecule has 6 N–H and O–H groups in total. The highest BCUT2D eigenvalue weighted by molar-refractivity contribution is 7.71. The summed E-state index contributed by atoms with van der Waals surface area (Å²) in [6, 6.07) is 8.82. The summed E-state index contributed by atoms with van der Waals surface area (Å²) in [6.45, 7) is -0.397. The van der Waals surface area contributed by atoms with Crippen molar-refractivity contribution in [3.63, 3.8) is 0 Å². The summed E-state index contributed by atoms with van der Waals surface area (Å²) in [7, 11) is 0. The fourth-order valence-electron chi connectivity index (χ4n) is 2.50. The van der Waals surface area contributed by atoms with Crippen LogP contribution in [-0.4, -0.2) is 49.8 Å². The number of nitrogen functional groups attached to an aromatic ring is 1. The standard InChI is InChI=1S/C15H18N4O4S/c16-8-1-3-9(4-2-8)17-11-5-6-19(15(24)18-11)14-13(22)12(21)10(7-20)23-14/h1-6,10,12-14,20-22H,7,16H2,(H,17,18,24)/t10-,12?,13?,14-/m1/s1. The summed E-state index contributed by atoms with van der Waals surface area (Å²) < 4.78 is 7.05. The Labute approximate surface area is 143 Å². The van der Waals surface area contributed by atoms with E-state index in [0.29, 0.717) is 11.5 Å². The quantitative estimate of drug-likeness (QED) is 0.400. The first-order chi connectivity index (χ1) is 11.5. The Kier molecular flexibility index (Phi) is 4.78. The lowest BCUT2D eigenvalue weighted by molar-refractivity contribution is -0.0540. The fraction of sp³-hybridized carbons (Fsp3) is 0.333. The molecule has 2 heterocycles. The van der Waals surface area contributed by atoms with E-state index in [0.717, 1.165) is 5.69 Å². The number of aromatic nitrogens is 2. The summed E-state index contributed by atoms with van der Waals surface area (Å²) in [4.78, 5) is 4.25. The van der Waals surface area contributed by atoms with Crippen molar-refractivity contribution in [1.82, 2.24) is 9.55 Å². The van der Waals surface area contributed by atoms with E-state index in [1.807, 2.05) is 12.1 Å². The summed E-state index contributed by atoms with van der Waals surface area (Å²) in [5.74, 6) is 0.521. The minimum Gasteiger partial charge on any atom is -0.399 e. The summed E-state index contributed by atoms with van der Waals surface area (Å²) in [6.07, 6.45) is -2.54. The Morgan fingerprint density at radius 2 is 1.92 bits per heavy atom. The predicted octanol–water partition coefficient (Wildman–Crippen LogP) is 0.550. The highest BCUT2D eigenvalue weighted by Gasteiger charge is 2.43. The number of nitrogens with two attached hydrogens (primary N) is 1. The SMILES string of the molecule is Nc1ccc(Nc2ccn([C@@H]3O[C@H](CO)C(O)C3O)c(=S)n2)cc1. The van der Waals surface area contributed by atoms with Crippen LogP contribution in [0.1, 0.15) is 6.23 Å². The van der Waals surface area contributed by atoms with Gasteiger partial charge in [-0.15, -0.1) is 0 Å². The molecule has 0 aliphatic carbocycles. The third-order valence-electron chi connectivity index (χ3n) is 3.80. The molecule has 1 saturated heterocycles. The normalized spacial score (nSPS) is 26.5. The second-order valence-electron chi connectivity index (χ2n) is 5.48. The molecule has 128 valence electrons. The van der Waals surface area contributed by atoms with Gasteiger partial charge < -0.3 is 31.1 Å². The summed E-state index contributed by atoms with van der Waals surface area (Å²) in [5, 5.41) is 32.1. The molecule has 0 radical (unpaired) electrons. The lowest BCUT2D eigenvalue weighted by Gasteiger charge is -2.18. The largest absolute Gasteiger partial charge is 0.399 e. The van der Waals surface area contributed by atoms with Crippen molar-refractivity contribution in [3.05, 3.63) is 41.3 Å². The fourth-order valence-corrected chi connectivity index (χ4v) is 2.76. The van der Waals surface area contributed by atoms with Gasteiger partial charge in [0.05, 0.1) is 6.61 Å². The molecule has 9 heteroatoms. The van der Waals surface area contributed by atoms with Crippen molar-refractivity contribution in [2.45, 2.75) is 24.5 Å². The molecule has 4 atom stereocenters. The second kappa shape index (κ2) is 6.83. The number of anilines is 3. The molecule has 0 bridgehead atoms. The van der Waals surface area contributed by atoms with Crippen molar-refractivity contribution < 1.29 is 20.1 Å². The molecule has 0 amide bonds. The van der Waals surface area contributed by atoms with E-state index in [9.17, 15) is 10.2 Å². The van der Waals surface area contributed by atoms with Crippen molar-refractivity contribution >= 4 is 29.4 Å². The highest BCUT2D eigenvalue weighted by Crippen LogP contribution is 2.29. The molecular formula is C15H18N4O4S. The van der Waals surface area contributed by atoms with E-state index in [1.54, 1.807) is 24.4 Å². The van der Waals surface area contributed by atoms with Crippen LogP contribution < -0.4 is 11.1 Å². The van der Waals surface area contributed by atoms with Gasteiger partial charge in [0.25, 0.3) is 0 Å². The third kappa shape index (κ3) is 3.25. The van der Waals surface area contributed by atoms with Crippen LogP contribution >= 0.6 is 12.2 Å². The van der Waals surface area contributed by atoms with Crippen LogP contribution in [0.15, 0.2) is 36.5 Å². The molecule has 2 aromatic rings. The predicted molar refractivity (Wildman–Crippen MR) is 90.2 cm³/mol. The molecule has 1 fully saturated rings. The first kappa shape index (κ1) is 16.8. The topological polar surface area (TPSA) is 126 Å². The van der Waals surface area contributed by atoms with E-state index >= 15 is 0 Å². The van der Waals surface area contributed by atoms with Crippen molar-refractivity contribution in [2.24, 2.45) is 0 Å². The highest BCUT2D eigenvalue weighted by atomic mass is 32.1. The van der Waals surface area contributed by atoms with Crippen LogP contribution in [0.5, 0.6) is 0 Å². The van der Waals surface area contributed by atoms with E-state index < -0.39 is 31.1 Å². The Hall–Kier alpha value is -2.04. The van der Waals surface area contributed by atoms with Gasteiger partial charge in [0, 0.05) is 17.6 Å². The Balaban J connectivity index is 1.80. The molecule has 0 spiro atoms. The van der Waals surface area contributed by atoms with Gasteiger partial charge in [-0.05, 0) is 42.5 Å². The molecule has 3 rings (SSSR count). The summed E-state index contributed by atoms with van der Waals surface area (Å²) >= 11 is 5.24. The van der Waals surface area contributed by atoms with Gasteiger partial charge in [-0.3, -0.25) is 4.57 Å². The minimum atomic E-state index is -1.20. The van der Waals surface area contributed by atoms with Crippen molar-refractivity contribution in [2.75, 3.05) is 17.7 Å². The molecule has 2 unspecified atom stereocenters. The molecule has 8 nitrogen and oxygen atoms in total. The number of hydrogen-bond donors (Lipinski definition) is 5. The monoisotopic (exact) mass is 350 g/mol. The Morgan fingerprint density at radius 1 is 1.21 bits per heavy atom. The van der Waals surface area contributed by atoms with Crippen LogP contribution in [0, 0.1) is 4.77 Å². The number of aliphatic hydroxyl groups is 3. The first-order valence-electron chi connectivity index (χ1n) is 7.34. The number of nitrogens with one attached hydrogen (secondary N) is 1. The van der Waals surface area contributed by atoms with E-state index in [4.69, 9.17) is 27.8 Å². The lowest BCUT2D eigenvalue weighted by Crippen LogP contribution is -2.33. The van der Waals surface area contributed by atoms with Crippen LogP contribution in [-0.2, 0) is 4.74 Å². The van der Waals surface area contributed by atoms with Gasteiger partial charge in [-0.1, -0.05) is 0 Å². The third-order valence-corrected chi connectivity index (χ3v) is 4.11. The summed E-state index contributed by atoms with van der Waals surface area (Å²) in [5.41, 5.74) is 7.10. The van der Waals surface area contributed by atoms with Crippen molar-refractivity contribution in [1.29, 1.82) is 0 Å². The van der Waals surface area contributed by atoms with Crippen LogP contribution in [0.3, 0.4) is 0 Å². The van der Waals surface area contributed by atoms with E-state index in [2.05, 4.69) is 10.3 Å². The molecule has 24 heavy (non-hydrogen) atoms. The average Bonchev–Trinajstić information content (AvgIpc) is 2.85. The Morgan fingerprint density at radius 3 is 2.50 bits per heavy atom. The molecule has 1 aliphatic rings. The number of nitrogens with zero attached hydrogens (tertiary/aromatic N) is 2. The maximum Gasteiger partial charge on any atom is 0.203 e. The van der Waals surface area contributed by atoms with Gasteiger partial charge in [-0.25, -0.2) is 4.98 Å². The average molecular weight is 350 g/mol. The molecule has 1 aliphatic heterocycles. The van der Waals surface area contributed by atoms with Gasteiger partial charge in [0.2, 0.25) is 4.77 Å². The smallest absolute Gasteiger partial charge is 0.203 e. The minimum absolute atomic E-state index is 0.172. The maximum absolute atomic E-state index is 10.1. The molecule has 0 saturated carbocycles. The van der Waals surface area contributed by atoms with Gasteiger partial charge in [0.15, 0.2) is 6.23 Å². The number of aliphatic hydroxyl groups excluding tert-OH is 3. The van der Waals surface area contributed by atoms with Crippen LogP contribution in [0.4, 0.5) is 17.2 Å². The zero-order valence-electron chi connectivity index (χ0n) is 12.6.